The van der Waals surface area contributed by atoms with Crippen molar-refractivity contribution in [3.63, 3.8) is 0 Å². The number of nitrogens with one attached hydrogen (secondary N) is 1. The van der Waals surface area contributed by atoms with Crippen LogP contribution in [0.4, 0.5) is 0 Å². The Morgan fingerprint density at radius 3 is 2.50 bits per heavy atom. The van der Waals surface area contributed by atoms with Gasteiger partial charge in [-0.1, -0.05) is 38.3 Å². The summed E-state index contributed by atoms with van der Waals surface area (Å²) in [5.41, 5.74) is 2.12. The molecule has 0 bridgehead atoms. The molecule has 1 atom stereocenters. The standard InChI is InChI=1S/C16H28ClN3/c1-5-18-14(13-8-6-11(2)7-9-13)10-15-16(17)12(3)19-20(15)4/h11,13-14,18H,5-10H2,1-4H3. The molecule has 1 aliphatic carbocycles. The molecule has 1 heterocycles. The maximum absolute atomic E-state index is 6.41. The summed E-state index contributed by atoms with van der Waals surface area (Å²) < 4.78 is 1.95. The van der Waals surface area contributed by atoms with Gasteiger partial charge in [-0.3, -0.25) is 4.68 Å². The Kier molecular flexibility index (Phi) is 5.50. The van der Waals surface area contributed by atoms with Gasteiger partial charge in [0.2, 0.25) is 0 Å². The Morgan fingerprint density at radius 1 is 1.35 bits per heavy atom. The highest BCUT2D eigenvalue weighted by Crippen LogP contribution is 2.32. The van der Waals surface area contributed by atoms with Gasteiger partial charge in [0.15, 0.2) is 0 Å². The number of likely N-dealkylation sites (N-methyl/N-ethyl adjacent to an activating group) is 1. The summed E-state index contributed by atoms with van der Waals surface area (Å²) in [5.74, 6) is 1.67. The maximum atomic E-state index is 6.41. The summed E-state index contributed by atoms with van der Waals surface area (Å²) in [4.78, 5) is 0. The van der Waals surface area contributed by atoms with Crippen molar-refractivity contribution in [3.05, 3.63) is 16.4 Å². The molecule has 4 heteroatoms. The van der Waals surface area contributed by atoms with Crippen LogP contribution >= 0.6 is 11.6 Å². The molecule has 1 aromatic heterocycles. The Labute approximate surface area is 128 Å². The fraction of sp³-hybridized carbons (Fsp3) is 0.812. The van der Waals surface area contributed by atoms with Crippen LogP contribution in [0.5, 0.6) is 0 Å². The second kappa shape index (κ2) is 6.95. The molecule has 114 valence electrons. The van der Waals surface area contributed by atoms with E-state index < -0.39 is 0 Å². The summed E-state index contributed by atoms with van der Waals surface area (Å²) in [5, 5.41) is 8.96. The fourth-order valence-corrected chi connectivity index (χ4v) is 3.70. The van der Waals surface area contributed by atoms with Gasteiger partial charge >= 0.3 is 0 Å². The van der Waals surface area contributed by atoms with E-state index >= 15 is 0 Å². The smallest absolute Gasteiger partial charge is 0.0847 e. The van der Waals surface area contributed by atoms with Gasteiger partial charge in [0.25, 0.3) is 0 Å². The molecule has 20 heavy (non-hydrogen) atoms. The normalized spacial score (nSPS) is 24.9. The number of halogens is 1. The molecular weight excluding hydrogens is 270 g/mol. The van der Waals surface area contributed by atoms with E-state index in [1.165, 1.54) is 31.4 Å². The zero-order valence-corrected chi connectivity index (χ0v) is 14.0. The van der Waals surface area contributed by atoms with Crippen molar-refractivity contribution in [3.8, 4) is 0 Å². The fourth-order valence-electron chi connectivity index (χ4n) is 3.47. The van der Waals surface area contributed by atoms with Crippen molar-refractivity contribution in [1.82, 2.24) is 15.1 Å². The van der Waals surface area contributed by atoms with Crippen LogP contribution in [-0.4, -0.2) is 22.4 Å². The highest BCUT2D eigenvalue weighted by atomic mass is 35.5. The third-order valence-corrected chi connectivity index (χ3v) is 5.26. The monoisotopic (exact) mass is 297 g/mol. The molecule has 0 spiro atoms. The first kappa shape index (κ1) is 15.8. The van der Waals surface area contributed by atoms with E-state index in [2.05, 4.69) is 24.3 Å². The first-order valence-electron chi connectivity index (χ1n) is 7.94. The van der Waals surface area contributed by atoms with E-state index in [0.29, 0.717) is 6.04 Å². The Morgan fingerprint density at radius 2 is 2.00 bits per heavy atom. The van der Waals surface area contributed by atoms with Crippen molar-refractivity contribution in [2.24, 2.45) is 18.9 Å². The summed E-state index contributed by atoms with van der Waals surface area (Å²) in [6.07, 6.45) is 6.40. The van der Waals surface area contributed by atoms with Crippen molar-refractivity contribution in [2.45, 2.75) is 58.9 Å². The average molecular weight is 298 g/mol. The molecular formula is C16H28ClN3. The molecule has 0 aromatic carbocycles. The van der Waals surface area contributed by atoms with Gasteiger partial charge in [-0.05, 0) is 38.1 Å². The Hall–Kier alpha value is -0.540. The number of hydrogen-bond acceptors (Lipinski definition) is 2. The minimum absolute atomic E-state index is 0.528. The van der Waals surface area contributed by atoms with Gasteiger partial charge in [0.05, 0.1) is 16.4 Å². The number of hydrogen-bond donors (Lipinski definition) is 1. The van der Waals surface area contributed by atoms with Crippen LogP contribution in [0.15, 0.2) is 0 Å². The predicted octanol–water partition coefficient (Wildman–Crippen LogP) is 3.73. The van der Waals surface area contributed by atoms with Crippen LogP contribution < -0.4 is 5.32 Å². The number of rotatable bonds is 5. The Bertz CT molecular complexity index is 433. The highest BCUT2D eigenvalue weighted by Gasteiger charge is 2.27. The van der Waals surface area contributed by atoms with Gasteiger partial charge in [0, 0.05) is 19.5 Å². The second-order valence-corrected chi connectivity index (χ2v) is 6.74. The van der Waals surface area contributed by atoms with Crippen LogP contribution in [0, 0.1) is 18.8 Å². The van der Waals surface area contributed by atoms with Gasteiger partial charge in [-0.15, -0.1) is 0 Å². The predicted molar refractivity (Wildman–Crippen MR) is 85.2 cm³/mol. The first-order chi connectivity index (χ1) is 9.52. The quantitative estimate of drug-likeness (QED) is 0.897. The molecule has 1 saturated carbocycles. The lowest BCUT2D eigenvalue weighted by Crippen LogP contribution is -2.40. The van der Waals surface area contributed by atoms with Crippen molar-refractivity contribution in [1.29, 1.82) is 0 Å². The molecule has 0 aliphatic heterocycles. The van der Waals surface area contributed by atoms with Crippen LogP contribution in [-0.2, 0) is 13.5 Å². The second-order valence-electron chi connectivity index (χ2n) is 6.36. The van der Waals surface area contributed by atoms with E-state index in [4.69, 9.17) is 11.6 Å². The summed E-state index contributed by atoms with van der Waals surface area (Å²) in [6, 6.07) is 0.528. The summed E-state index contributed by atoms with van der Waals surface area (Å²) in [6.45, 7) is 7.57. The van der Waals surface area contributed by atoms with E-state index in [1.54, 1.807) is 0 Å². The Balaban J connectivity index is 2.09. The molecule has 1 aromatic rings. The van der Waals surface area contributed by atoms with Crippen molar-refractivity contribution < 1.29 is 0 Å². The van der Waals surface area contributed by atoms with Crippen molar-refractivity contribution >= 4 is 11.6 Å². The van der Waals surface area contributed by atoms with E-state index in [9.17, 15) is 0 Å². The lowest BCUT2D eigenvalue weighted by atomic mass is 9.78. The van der Waals surface area contributed by atoms with E-state index in [1.807, 2.05) is 18.7 Å². The molecule has 0 amide bonds. The van der Waals surface area contributed by atoms with Crippen LogP contribution in [0.1, 0.15) is 50.9 Å². The molecule has 2 rings (SSSR count). The molecule has 3 nitrogen and oxygen atoms in total. The van der Waals surface area contributed by atoms with Crippen LogP contribution in [0.2, 0.25) is 5.02 Å². The molecule has 1 N–H and O–H groups in total. The zero-order valence-electron chi connectivity index (χ0n) is 13.2. The zero-order chi connectivity index (χ0) is 14.7. The van der Waals surface area contributed by atoms with E-state index in [-0.39, 0.29) is 0 Å². The summed E-state index contributed by atoms with van der Waals surface area (Å²) >= 11 is 6.41. The largest absolute Gasteiger partial charge is 0.314 e. The van der Waals surface area contributed by atoms with E-state index in [0.717, 1.165) is 35.5 Å². The average Bonchev–Trinajstić information content (AvgIpc) is 2.65. The number of nitrogens with zero attached hydrogens (tertiary/aromatic N) is 2. The lowest BCUT2D eigenvalue weighted by Gasteiger charge is -2.33. The summed E-state index contributed by atoms with van der Waals surface area (Å²) in [7, 11) is 2.00. The number of aryl methyl sites for hydroxylation is 2. The minimum Gasteiger partial charge on any atom is -0.314 e. The first-order valence-corrected chi connectivity index (χ1v) is 8.32. The third-order valence-electron chi connectivity index (χ3n) is 4.77. The third kappa shape index (κ3) is 3.56. The van der Waals surface area contributed by atoms with Gasteiger partial charge in [-0.2, -0.15) is 5.10 Å². The number of aromatic nitrogens is 2. The molecule has 0 saturated heterocycles. The maximum Gasteiger partial charge on any atom is 0.0847 e. The van der Waals surface area contributed by atoms with Gasteiger partial charge in [-0.25, -0.2) is 0 Å². The molecule has 1 fully saturated rings. The highest BCUT2D eigenvalue weighted by molar-refractivity contribution is 6.31. The SMILES string of the molecule is CCNC(Cc1c(Cl)c(C)nn1C)C1CCC(C)CC1. The minimum atomic E-state index is 0.528. The van der Waals surface area contributed by atoms with Crippen LogP contribution in [0.3, 0.4) is 0 Å². The van der Waals surface area contributed by atoms with Crippen LogP contribution in [0.25, 0.3) is 0 Å². The van der Waals surface area contributed by atoms with Gasteiger partial charge < -0.3 is 5.32 Å². The topological polar surface area (TPSA) is 29.9 Å². The molecule has 0 radical (unpaired) electrons. The molecule has 1 unspecified atom stereocenters. The van der Waals surface area contributed by atoms with Gasteiger partial charge in [0.1, 0.15) is 0 Å². The molecule has 1 aliphatic rings. The lowest BCUT2D eigenvalue weighted by molar-refractivity contribution is 0.229. The van der Waals surface area contributed by atoms with Crippen molar-refractivity contribution in [2.75, 3.05) is 6.54 Å².